The Kier molecular flexibility index (Phi) is 2.50. The van der Waals surface area contributed by atoms with Crippen LogP contribution in [0.4, 0.5) is 0 Å². The molecule has 0 unspecified atom stereocenters. The Hall–Kier alpha value is -0.970. The number of pyridine rings is 1. The van der Waals surface area contributed by atoms with Crippen LogP contribution in [0.2, 0.25) is 0 Å². The zero-order chi connectivity index (χ0) is 10.1. The lowest BCUT2D eigenvalue weighted by Gasteiger charge is -2.16. The van der Waals surface area contributed by atoms with E-state index in [0.717, 1.165) is 5.56 Å². The normalized spacial score (nSPS) is 37.4. The summed E-state index contributed by atoms with van der Waals surface area (Å²) < 4.78 is 0. The molecule has 1 fully saturated rings. The van der Waals surface area contributed by atoms with E-state index in [0.29, 0.717) is 6.42 Å². The SMILES string of the molecule is N[C@H]1[C@H](O)[C@H](O)C[C@H]1c1cccnc1. The molecule has 0 saturated heterocycles. The van der Waals surface area contributed by atoms with Crippen molar-refractivity contribution in [2.75, 3.05) is 0 Å². The Morgan fingerprint density at radius 3 is 2.71 bits per heavy atom. The fourth-order valence-corrected chi connectivity index (χ4v) is 2.00. The largest absolute Gasteiger partial charge is 0.390 e. The monoisotopic (exact) mass is 194 g/mol. The van der Waals surface area contributed by atoms with Gasteiger partial charge in [-0.2, -0.15) is 0 Å². The second kappa shape index (κ2) is 3.65. The van der Waals surface area contributed by atoms with E-state index in [1.165, 1.54) is 0 Å². The van der Waals surface area contributed by atoms with Crippen molar-refractivity contribution in [1.29, 1.82) is 0 Å². The van der Waals surface area contributed by atoms with E-state index in [1.54, 1.807) is 12.4 Å². The van der Waals surface area contributed by atoms with Crippen molar-refractivity contribution in [3.63, 3.8) is 0 Å². The summed E-state index contributed by atoms with van der Waals surface area (Å²) >= 11 is 0. The Morgan fingerprint density at radius 1 is 1.43 bits per heavy atom. The van der Waals surface area contributed by atoms with Gasteiger partial charge in [-0.15, -0.1) is 0 Å². The first-order valence-corrected chi connectivity index (χ1v) is 4.72. The second-order valence-corrected chi connectivity index (χ2v) is 3.76. The molecule has 1 aliphatic carbocycles. The van der Waals surface area contributed by atoms with Crippen LogP contribution in [0.5, 0.6) is 0 Å². The maximum Gasteiger partial charge on any atom is 0.0955 e. The molecule has 0 aliphatic heterocycles. The Labute approximate surface area is 82.4 Å². The van der Waals surface area contributed by atoms with Gasteiger partial charge in [0.05, 0.1) is 12.2 Å². The molecule has 1 aromatic heterocycles. The average Bonchev–Trinajstić information content (AvgIpc) is 2.47. The third-order valence-corrected chi connectivity index (χ3v) is 2.86. The molecule has 4 atom stereocenters. The van der Waals surface area contributed by atoms with Gasteiger partial charge in [-0.05, 0) is 18.1 Å². The Balaban J connectivity index is 2.21. The van der Waals surface area contributed by atoms with Gasteiger partial charge in [0, 0.05) is 24.4 Å². The lowest BCUT2D eigenvalue weighted by molar-refractivity contribution is 0.0363. The molecule has 1 saturated carbocycles. The van der Waals surface area contributed by atoms with Crippen LogP contribution >= 0.6 is 0 Å². The van der Waals surface area contributed by atoms with E-state index in [9.17, 15) is 10.2 Å². The second-order valence-electron chi connectivity index (χ2n) is 3.76. The number of hydrogen-bond donors (Lipinski definition) is 3. The van der Waals surface area contributed by atoms with Crippen LogP contribution in [0.1, 0.15) is 17.9 Å². The molecular weight excluding hydrogens is 180 g/mol. The number of aliphatic hydroxyl groups excluding tert-OH is 2. The van der Waals surface area contributed by atoms with Crippen molar-refractivity contribution >= 4 is 0 Å². The number of aromatic nitrogens is 1. The summed E-state index contributed by atoms with van der Waals surface area (Å²) in [4.78, 5) is 3.99. The predicted octanol–water partition coefficient (Wildman–Crippen LogP) is -0.382. The quantitative estimate of drug-likeness (QED) is 0.569. The molecule has 1 heterocycles. The van der Waals surface area contributed by atoms with E-state index in [2.05, 4.69) is 4.98 Å². The van der Waals surface area contributed by atoms with E-state index >= 15 is 0 Å². The van der Waals surface area contributed by atoms with Crippen molar-refractivity contribution in [2.24, 2.45) is 5.73 Å². The molecule has 0 bridgehead atoms. The predicted molar refractivity (Wildman–Crippen MR) is 51.6 cm³/mol. The standard InChI is InChI=1S/C10H14N2O2/c11-9-7(4-8(13)10(9)14)6-2-1-3-12-5-6/h1-3,5,7-10,13-14H,4,11H2/t7-,8+,9+,10+/m0/s1. The van der Waals surface area contributed by atoms with Crippen LogP contribution in [0.25, 0.3) is 0 Å². The molecule has 76 valence electrons. The summed E-state index contributed by atoms with van der Waals surface area (Å²) in [6, 6.07) is 3.36. The Bertz CT molecular complexity index is 304. The van der Waals surface area contributed by atoms with Crippen molar-refractivity contribution < 1.29 is 10.2 Å². The van der Waals surface area contributed by atoms with Crippen LogP contribution in [-0.2, 0) is 0 Å². The fraction of sp³-hybridized carbons (Fsp3) is 0.500. The van der Waals surface area contributed by atoms with Gasteiger partial charge in [-0.1, -0.05) is 6.07 Å². The van der Waals surface area contributed by atoms with E-state index < -0.39 is 18.2 Å². The molecule has 4 heteroatoms. The van der Waals surface area contributed by atoms with Gasteiger partial charge in [-0.3, -0.25) is 4.98 Å². The van der Waals surface area contributed by atoms with E-state index in [-0.39, 0.29) is 5.92 Å². The summed E-state index contributed by atoms with van der Waals surface area (Å²) in [7, 11) is 0. The number of aliphatic hydroxyl groups is 2. The smallest absolute Gasteiger partial charge is 0.0955 e. The van der Waals surface area contributed by atoms with Crippen molar-refractivity contribution in [1.82, 2.24) is 4.98 Å². The lowest BCUT2D eigenvalue weighted by Crippen LogP contribution is -2.37. The lowest BCUT2D eigenvalue weighted by atomic mass is 9.96. The molecule has 0 radical (unpaired) electrons. The first-order chi connectivity index (χ1) is 6.70. The number of nitrogens with zero attached hydrogens (tertiary/aromatic N) is 1. The third-order valence-electron chi connectivity index (χ3n) is 2.86. The summed E-state index contributed by atoms with van der Waals surface area (Å²) in [5.74, 6) is 0.00806. The minimum Gasteiger partial charge on any atom is -0.390 e. The van der Waals surface area contributed by atoms with Gasteiger partial charge in [0.2, 0.25) is 0 Å². The molecule has 0 spiro atoms. The van der Waals surface area contributed by atoms with Crippen molar-refractivity contribution in [3.8, 4) is 0 Å². The zero-order valence-electron chi connectivity index (χ0n) is 7.74. The van der Waals surface area contributed by atoms with Crippen LogP contribution in [-0.4, -0.2) is 33.4 Å². The van der Waals surface area contributed by atoms with E-state index in [1.807, 2.05) is 12.1 Å². The molecule has 0 amide bonds. The highest BCUT2D eigenvalue weighted by molar-refractivity contribution is 5.21. The minimum absolute atomic E-state index is 0.00806. The van der Waals surface area contributed by atoms with Crippen molar-refractivity contribution in [2.45, 2.75) is 30.6 Å². The first kappa shape index (κ1) is 9.58. The highest BCUT2D eigenvalue weighted by atomic mass is 16.3. The van der Waals surface area contributed by atoms with E-state index in [4.69, 9.17) is 5.73 Å². The average molecular weight is 194 g/mol. The van der Waals surface area contributed by atoms with Gasteiger partial charge in [-0.25, -0.2) is 0 Å². The van der Waals surface area contributed by atoms with Gasteiger partial charge < -0.3 is 15.9 Å². The molecule has 2 rings (SSSR count). The summed E-state index contributed by atoms with van der Waals surface area (Å²) in [5.41, 5.74) is 6.79. The summed E-state index contributed by atoms with van der Waals surface area (Å²) in [6.07, 6.45) is 2.40. The third kappa shape index (κ3) is 1.52. The summed E-state index contributed by atoms with van der Waals surface area (Å²) in [5, 5.41) is 19.0. The number of hydrogen-bond acceptors (Lipinski definition) is 4. The Morgan fingerprint density at radius 2 is 2.21 bits per heavy atom. The molecule has 4 N–H and O–H groups in total. The fourth-order valence-electron chi connectivity index (χ4n) is 2.00. The van der Waals surface area contributed by atoms with Gasteiger partial charge in [0.1, 0.15) is 0 Å². The maximum absolute atomic E-state index is 9.50. The zero-order valence-corrected chi connectivity index (χ0v) is 7.74. The maximum atomic E-state index is 9.50. The number of rotatable bonds is 1. The van der Waals surface area contributed by atoms with Crippen LogP contribution in [0.3, 0.4) is 0 Å². The number of nitrogens with two attached hydrogens (primary N) is 1. The molecule has 1 aromatic rings. The minimum atomic E-state index is -0.819. The first-order valence-electron chi connectivity index (χ1n) is 4.72. The van der Waals surface area contributed by atoms with Gasteiger partial charge >= 0.3 is 0 Å². The van der Waals surface area contributed by atoms with Crippen LogP contribution in [0, 0.1) is 0 Å². The topological polar surface area (TPSA) is 79.4 Å². The van der Waals surface area contributed by atoms with Crippen molar-refractivity contribution in [3.05, 3.63) is 30.1 Å². The van der Waals surface area contributed by atoms with Gasteiger partial charge in [0.25, 0.3) is 0 Å². The molecule has 0 aromatic carbocycles. The molecule has 4 nitrogen and oxygen atoms in total. The molecular formula is C10H14N2O2. The van der Waals surface area contributed by atoms with Crippen LogP contribution < -0.4 is 5.73 Å². The highest BCUT2D eigenvalue weighted by Gasteiger charge is 2.39. The highest BCUT2D eigenvalue weighted by Crippen LogP contribution is 2.33. The van der Waals surface area contributed by atoms with Gasteiger partial charge in [0.15, 0.2) is 0 Å². The molecule has 14 heavy (non-hydrogen) atoms. The van der Waals surface area contributed by atoms with Crippen LogP contribution in [0.15, 0.2) is 24.5 Å². The molecule has 1 aliphatic rings. The summed E-state index contributed by atoms with van der Waals surface area (Å²) in [6.45, 7) is 0.